The highest BCUT2D eigenvalue weighted by atomic mass is 19.3. The Kier molecular flexibility index (Phi) is 9.95. The van der Waals surface area contributed by atoms with Gasteiger partial charge in [0.05, 0.1) is 23.5 Å². The number of aryl methyl sites for hydroxylation is 1. The lowest BCUT2D eigenvalue weighted by atomic mass is 9.89. The number of rotatable bonds is 5. The molecule has 1 aliphatic carbocycles. The molecule has 0 spiro atoms. The molecule has 7 rings (SSSR count). The van der Waals surface area contributed by atoms with Gasteiger partial charge in [0.25, 0.3) is 5.91 Å². The van der Waals surface area contributed by atoms with Crippen LogP contribution >= 0.6 is 0 Å². The molecule has 2 aromatic heterocycles. The topological polar surface area (TPSA) is 141 Å². The van der Waals surface area contributed by atoms with Crippen LogP contribution in [0.4, 0.5) is 8.78 Å². The molecule has 4 heterocycles. The third-order valence-electron chi connectivity index (χ3n) is 10.8. The lowest BCUT2D eigenvalue weighted by molar-refractivity contribution is -0.164. The van der Waals surface area contributed by atoms with E-state index in [1.54, 1.807) is 27.7 Å². The van der Waals surface area contributed by atoms with Gasteiger partial charge in [-0.3, -0.25) is 19.2 Å². The van der Waals surface area contributed by atoms with Crippen LogP contribution in [0.1, 0.15) is 94.8 Å². The molecule has 1 N–H and O–H groups in total. The van der Waals surface area contributed by atoms with E-state index in [1.165, 1.54) is 11.0 Å². The molecule has 13 heteroatoms. The van der Waals surface area contributed by atoms with Crippen LogP contribution in [0.2, 0.25) is 0 Å². The Labute approximate surface area is 312 Å². The highest BCUT2D eigenvalue weighted by Crippen LogP contribution is 2.61. The number of nitrogens with zero attached hydrogens (tertiary/aromatic N) is 3. The van der Waals surface area contributed by atoms with E-state index in [9.17, 15) is 19.2 Å². The number of pyridine rings is 1. The van der Waals surface area contributed by atoms with Crippen LogP contribution in [0.3, 0.4) is 0 Å². The Balaban J connectivity index is 1.24. The van der Waals surface area contributed by atoms with E-state index in [0.717, 1.165) is 16.2 Å². The molecule has 0 unspecified atom stereocenters. The van der Waals surface area contributed by atoms with E-state index >= 15 is 8.78 Å². The predicted molar refractivity (Wildman–Crippen MR) is 195 cm³/mol. The number of para-hydroxylation sites is 1. The summed E-state index contributed by atoms with van der Waals surface area (Å²) in [6.45, 7) is 6.72. The average Bonchev–Trinajstić information content (AvgIpc) is 3.39. The Bertz CT molecular complexity index is 2090. The number of hydrogen-bond acceptors (Lipinski definition) is 9. The molecule has 3 aliphatic rings. The van der Waals surface area contributed by atoms with Crippen molar-refractivity contribution in [3.05, 3.63) is 66.1 Å². The fourth-order valence-corrected chi connectivity index (χ4v) is 8.08. The molecule has 2 amide bonds. The zero-order chi connectivity index (χ0) is 38.4. The van der Waals surface area contributed by atoms with Gasteiger partial charge in [-0.25, -0.2) is 13.8 Å². The largest absolute Gasteiger partial charge is 0.472 e. The Morgan fingerprint density at radius 3 is 2.43 bits per heavy atom. The van der Waals surface area contributed by atoms with Gasteiger partial charge in [-0.2, -0.15) is 0 Å². The van der Waals surface area contributed by atoms with Crippen LogP contribution in [0, 0.1) is 18.3 Å². The van der Waals surface area contributed by atoms with Crippen molar-refractivity contribution in [3.63, 3.8) is 0 Å². The summed E-state index contributed by atoms with van der Waals surface area (Å²) in [6, 6.07) is 14.7. The number of halogens is 2. The highest BCUT2D eigenvalue weighted by Gasteiger charge is 2.65. The van der Waals surface area contributed by atoms with Gasteiger partial charge in [0.1, 0.15) is 23.5 Å². The van der Waals surface area contributed by atoms with E-state index < -0.39 is 77.5 Å². The number of alkyl halides is 2. The first-order valence-corrected chi connectivity index (χ1v) is 18.8. The van der Waals surface area contributed by atoms with Crippen molar-refractivity contribution in [1.82, 2.24) is 20.4 Å². The van der Waals surface area contributed by atoms with Crippen LogP contribution in [0.5, 0.6) is 5.88 Å². The number of esters is 1. The molecule has 2 saturated heterocycles. The summed E-state index contributed by atoms with van der Waals surface area (Å²) >= 11 is 0. The first-order chi connectivity index (χ1) is 25.6. The third-order valence-corrected chi connectivity index (χ3v) is 10.8. The van der Waals surface area contributed by atoms with E-state index in [0.29, 0.717) is 30.0 Å². The maximum Gasteiger partial charge on any atom is 0.313 e. The molecule has 2 aliphatic heterocycles. The molecule has 0 bridgehead atoms. The first kappa shape index (κ1) is 37.4. The number of benzene rings is 2. The molecule has 5 atom stereocenters. The summed E-state index contributed by atoms with van der Waals surface area (Å²) in [5.74, 6) is -5.33. The molecule has 2 aromatic carbocycles. The summed E-state index contributed by atoms with van der Waals surface area (Å²) in [7, 11) is 0. The maximum atomic E-state index is 15.4. The lowest BCUT2D eigenvalue weighted by Crippen LogP contribution is -2.52. The fourth-order valence-electron chi connectivity index (χ4n) is 8.08. The summed E-state index contributed by atoms with van der Waals surface area (Å²) in [4.78, 5) is 62.4. The van der Waals surface area contributed by atoms with Crippen molar-refractivity contribution in [1.29, 1.82) is 0 Å². The SMILES string of the molecule is Cc1cc(C(=O)N[C@H]2CCCCCC(F)(F)C[C@@H]3C[C@@]3(C(=O)OC(C)(C)C)CC(=O)[C@@H]3C[C@@H](Oc4nc5ccccc5c5ccccc45)CN3C2=O)no1. The van der Waals surface area contributed by atoms with Crippen molar-refractivity contribution < 1.29 is 42.0 Å². The summed E-state index contributed by atoms with van der Waals surface area (Å²) < 4.78 is 48.1. The lowest BCUT2D eigenvalue weighted by Gasteiger charge is -2.30. The number of carbonyl (C=O) groups excluding carboxylic acids is 4. The molecule has 0 radical (unpaired) electrons. The second kappa shape index (κ2) is 14.4. The van der Waals surface area contributed by atoms with Gasteiger partial charge in [-0.05, 0) is 70.4 Å². The van der Waals surface area contributed by atoms with Crippen molar-refractivity contribution in [3.8, 4) is 5.88 Å². The van der Waals surface area contributed by atoms with Crippen LogP contribution in [0.15, 0.2) is 59.1 Å². The molecule has 286 valence electrons. The molecular weight excluding hydrogens is 698 g/mol. The van der Waals surface area contributed by atoms with Gasteiger partial charge in [0.15, 0.2) is 11.5 Å². The van der Waals surface area contributed by atoms with Crippen molar-refractivity contribution in [2.75, 3.05) is 6.54 Å². The quantitative estimate of drug-likeness (QED) is 0.167. The minimum absolute atomic E-state index is 0.00551. The van der Waals surface area contributed by atoms with Crippen LogP contribution in [-0.4, -0.2) is 74.9 Å². The van der Waals surface area contributed by atoms with Gasteiger partial charge >= 0.3 is 5.97 Å². The van der Waals surface area contributed by atoms with Crippen LogP contribution < -0.4 is 10.1 Å². The van der Waals surface area contributed by atoms with E-state index in [2.05, 4.69) is 10.5 Å². The van der Waals surface area contributed by atoms with E-state index in [1.807, 2.05) is 48.5 Å². The smallest absolute Gasteiger partial charge is 0.313 e. The second-order valence-electron chi connectivity index (χ2n) is 16.2. The van der Waals surface area contributed by atoms with Gasteiger partial charge in [-0.1, -0.05) is 54.4 Å². The molecular formula is C41H46F2N4O7. The number of nitrogens with one attached hydrogen (secondary N) is 1. The predicted octanol–water partition coefficient (Wildman–Crippen LogP) is 7.13. The molecule has 1 saturated carbocycles. The second-order valence-corrected chi connectivity index (χ2v) is 16.2. The number of ketones is 1. The summed E-state index contributed by atoms with van der Waals surface area (Å²) in [5.41, 5.74) is -1.64. The molecule has 11 nitrogen and oxygen atoms in total. The number of fused-ring (bicyclic) bond motifs is 5. The number of aromatic nitrogens is 2. The van der Waals surface area contributed by atoms with Gasteiger partial charge in [0, 0.05) is 42.5 Å². The van der Waals surface area contributed by atoms with E-state index in [4.69, 9.17) is 19.0 Å². The Morgan fingerprint density at radius 1 is 0.981 bits per heavy atom. The maximum absolute atomic E-state index is 15.4. The average molecular weight is 745 g/mol. The third kappa shape index (κ3) is 7.81. The van der Waals surface area contributed by atoms with Crippen LogP contribution in [-0.2, 0) is 19.1 Å². The number of Topliss-reactive ketones (excluding diaryl/α,β-unsaturated/α-hetero) is 1. The van der Waals surface area contributed by atoms with Gasteiger partial charge in [0.2, 0.25) is 17.7 Å². The molecule has 54 heavy (non-hydrogen) atoms. The van der Waals surface area contributed by atoms with Crippen molar-refractivity contribution in [2.45, 2.75) is 115 Å². The van der Waals surface area contributed by atoms with Gasteiger partial charge < -0.3 is 24.2 Å². The monoisotopic (exact) mass is 744 g/mol. The zero-order valence-electron chi connectivity index (χ0n) is 31.0. The number of hydrogen-bond donors (Lipinski definition) is 1. The number of ether oxygens (including phenoxy) is 2. The Morgan fingerprint density at radius 2 is 1.70 bits per heavy atom. The van der Waals surface area contributed by atoms with Crippen molar-refractivity contribution >= 4 is 45.2 Å². The minimum Gasteiger partial charge on any atom is -0.472 e. The normalized spacial score (nSPS) is 26.4. The summed E-state index contributed by atoms with van der Waals surface area (Å²) in [6.07, 6.45) is -0.729. The van der Waals surface area contributed by atoms with Crippen LogP contribution in [0.25, 0.3) is 21.7 Å². The van der Waals surface area contributed by atoms with Gasteiger partial charge in [-0.15, -0.1) is 0 Å². The fraction of sp³-hybridized carbons (Fsp3) is 0.512. The zero-order valence-corrected chi connectivity index (χ0v) is 31.0. The number of carbonyl (C=O) groups is 4. The van der Waals surface area contributed by atoms with E-state index in [-0.39, 0.29) is 44.3 Å². The highest BCUT2D eigenvalue weighted by molar-refractivity contribution is 6.07. The molecule has 3 fully saturated rings. The number of amides is 2. The van der Waals surface area contributed by atoms with Crippen molar-refractivity contribution in [2.24, 2.45) is 11.3 Å². The summed E-state index contributed by atoms with van der Waals surface area (Å²) in [5, 5.41) is 9.20. The Hall–Kier alpha value is -4.94. The molecule has 4 aromatic rings. The first-order valence-electron chi connectivity index (χ1n) is 18.8. The minimum atomic E-state index is -3.06. The standard InChI is InChI=1S/C41H46F2N4O7/c1-24-18-32(46-54-24)35(49)44-31-16-6-5-11-17-41(42,43)21-25-20-40(25,38(51)53-39(2,3)4)22-34(48)33-19-26(23-47(33)37(31)50)52-36-29-14-8-7-12-27(29)28-13-9-10-15-30(28)45-36/h7-10,12-15,18,25-26,31,33H,5-6,11,16-17,19-23H2,1-4H3,(H,44,49)/t25-,26+,31-,33-,40+/m0/s1.